The van der Waals surface area contributed by atoms with Gasteiger partial charge in [0.25, 0.3) is 5.69 Å². The summed E-state index contributed by atoms with van der Waals surface area (Å²) in [5, 5.41) is 20.6. The van der Waals surface area contributed by atoms with Crippen LogP contribution >= 0.6 is 0 Å². The number of hydrogen-bond acceptors (Lipinski definition) is 6. The number of rotatable bonds is 5. The highest BCUT2D eigenvalue weighted by molar-refractivity contribution is 7.89. The first-order valence-corrected chi connectivity index (χ1v) is 11.1. The Bertz CT molecular complexity index is 1090. The van der Waals surface area contributed by atoms with Crippen LogP contribution in [-0.4, -0.2) is 54.6 Å². The maximum absolute atomic E-state index is 13.1. The number of benzene rings is 2. The van der Waals surface area contributed by atoms with Crippen molar-refractivity contribution >= 4 is 21.4 Å². The summed E-state index contributed by atoms with van der Waals surface area (Å²) in [6, 6.07) is 9.51. The van der Waals surface area contributed by atoms with Gasteiger partial charge in [0.2, 0.25) is 10.0 Å². The van der Waals surface area contributed by atoms with Crippen LogP contribution in [0.4, 0.5) is 24.5 Å². The molecule has 2 atom stereocenters. The number of nitro groups is 1. The van der Waals surface area contributed by atoms with Crippen molar-refractivity contribution in [3.63, 3.8) is 0 Å². The predicted octanol–water partition coefficient (Wildman–Crippen LogP) is 3.26. The van der Waals surface area contributed by atoms with Crippen molar-refractivity contribution in [3.8, 4) is 0 Å². The number of hydrogen-bond donors (Lipinski definition) is 1. The van der Waals surface area contributed by atoms with Crippen molar-refractivity contribution in [2.24, 2.45) is 0 Å². The van der Waals surface area contributed by atoms with E-state index < -0.39 is 38.3 Å². The average molecular weight is 473 g/mol. The van der Waals surface area contributed by atoms with Gasteiger partial charge in [-0.25, -0.2) is 8.42 Å². The van der Waals surface area contributed by atoms with Crippen molar-refractivity contribution in [3.05, 3.63) is 64.2 Å². The Morgan fingerprint density at radius 1 is 1.06 bits per heavy atom. The highest BCUT2D eigenvalue weighted by Crippen LogP contribution is 2.38. The summed E-state index contributed by atoms with van der Waals surface area (Å²) >= 11 is 0. The zero-order valence-electron chi connectivity index (χ0n) is 17.3. The highest BCUT2D eigenvalue weighted by Gasteiger charge is 2.51. The maximum atomic E-state index is 13.1. The summed E-state index contributed by atoms with van der Waals surface area (Å²) in [6.07, 6.45) is -4.91. The zero-order chi connectivity index (χ0) is 23.9. The van der Waals surface area contributed by atoms with Gasteiger partial charge >= 0.3 is 6.18 Å². The molecule has 1 saturated heterocycles. The summed E-state index contributed by atoms with van der Waals surface area (Å²) in [7, 11) is -3.98. The molecular weight excluding hydrogens is 451 g/mol. The number of nitrogens with zero attached hydrogens (tertiary/aromatic N) is 3. The highest BCUT2D eigenvalue weighted by atomic mass is 32.2. The van der Waals surface area contributed by atoms with Gasteiger partial charge in [-0.1, -0.05) is 12.1 Å². The lowest BCUT2D eigenvalue weighted by molar-refractivity contribution is -0.384. The Balaban J connectivity index is 1.76. The van der Waals surface area contributed by atoms with Crippen molar-refractivity contribution < 1.29 is 31.6 Å². The van der Waals surface area contributed by atoms with Crippen LogP contribution in [-0.2, 0) is 15.6 Å². The first kappa shape index (κ1) is 24.0. The van der Waals surface area contributed by atoms with E-state index in [0.29, 0.717) is 20.0 Å². The van der Waals surface area contributed by atoms with E-state index in [4.69, 9.17) is 0 Å². The first-order chi connectivity index (χ1) is 14.7. The van der Waals surface area contributed by atoms with E-state index in [1.807, 2.05) is 4.90 Å². The molecule has 1 aliphatic rings. The van der Waals surface area contributed by atoms with Gasteiger partial charge in [-0.15, -0.1) is 0 Å². The lowest BCUT2D eigenvalue weighted by atomic mass is 9.96. The number of sulfonamides is 1. The van der Waals surface area contributed by atoms with Gasteiger partial charge in [-0.05, 0) is 43.7 Å². The van der Waals surface area contributed by atoms with E-state index in [2.05, 4.69) is 0 Å². The summed E-state index contributed by atoms with van der Waals surface area (Å²) in [6.45, 7) is 3.11. The smallest absolute Gasteiger partial charge is 0.376 e. The van der Waals surface area contributed by atoms with Crippen LogP contribution in [0.25, 0.3) is 0 Å². The molecule has 0 aromatic heterocycles. The Kier molecular flexibility index (Phi) is 6.24. The van der Waals surface area contributed by atoms with Crippen LogP contribution in [0.1, 0.15) is 19.4 Å². The quantitative estimate of drug-likeness (QED) is 0.528. The average Bonchev–Trinajstić information content (AvgIpc) is 2.72. The molecule has 3 rings (SSSR count). The Labute approximate surface area is 183 Å². The molecule has 1 aliphatic heterocycles. The molecule has 0 spiro atoms. The fraction of sp³-hybridized carbons (Fsp3) is 0.400. The summed E-state index contributed by atoms with van der Waals surface area (Å²) in [5.41, 5.74) is -2.88. The van der Waals surface area contributed by atoms with Crippen LogP contribution in [0.2, 0.25) is 0 Å². The van der Waals surface area contributed by atoms with Gasteiger partial charge in [0.05, 0.1) is 9.82 Å². The van der Waals surface area contributed by atoms with Crippen LogP contribution in [0.5, 0.6) is 0 Å². The Morgan fingerprint density at radius 2 is 1.62 bits per heavy atom. The van der Waals surface area contributed by atoms with Crippen molar-refractivity contribution in [2.75, 3.05) is 24.5 Å². The van der Waals surface area contributed by atoms with Gasteiger partial charge in [0.1, 0.15) is 0 Å². The molecule has 1 fully saturated rings. The minimum atomic E-state index is -4.91. The Morgan fingerprint density at radius 3 is 2.09 bits per heavy atom. The summed E-state index contributed by atoms with van der Waals surface area (Å²) < 4.78 is 66.5. The van der Waals surface area contributed by atoms with E-state index in [9.17, 15) is 36.8 Å². The van der Waals surface area contributed by atoms with E-state index >= 15 is 0 Å². The molecule has 0 saturated carbocycles. The molecule has 1 heterocycles. The topological polar surface area (TPSA) is 104 Å². The van der Waals surface area contributed by atoms with Gasteiger partial charge < -0.3 is 10.0 Å². The third-order valence-corrected chi connectivity index (χ3v) is 7.60. The second kappa shape index (κ2) is 8.34. The summed E-state index contributed by atoms with van der Waals surface area (Å²) in [5.74, 6) is 0. The number of piperazine rings is 1. The minimum absolute atomic E-state index is 0.0454. The van der Waals surface area contributed by atoms with Crippen LogP contribution in [0, 0.1) is 10.1 Å². The number of halogens is 3. The lowest BCUT2D eigenvalue weighted by Crippen LogP contribution is -2.54. The molecule has 0 aliphatic carbocycles. The van der Waals surface area contributed by atoms with Gasteiger partial charge in [0.15, 0.2) is 5.60 Å². The molecule has 0 amide bonds. The molecule has 2 aromatic carbocycles. The zero-order valence-corrected chi connectivity index (χ0v) is 18.1. The van der Waals surface area contributed by atoms with Crippen molar-refractivity contribution in [1.82, 2.24) is 4.31 Å². The van der Waals surface area contributed by atoms with Crippen molar-refractivity contribution in [2.45, 2.75) is 36.6 Å². The normalized spacial score (nSPS) is 20.1. The van der Waals surface area contributed by atoms with Crippen molar-refractivity contribution in [1.29, 1.82) is 0 Å². The molecule has 2 aromatic rings. The van der Waals surface area contributed by atoms with Gasteiger partial charge in [-0.2, -0.15) is 17.5 Å². The fourth-order valence-corrected chi connectivity index (χ4v) is 5.18. The molecule has 0 unspecified atom stereocenters. The second-order valence-corrected chi connectivity index (χ2v) is 9.67. The van der Waals surface area contributed by atoms with Crippen LogP contribution < -0.4 is 4.90 Å². The second-order valence-electron chi connectivity index (χ2n) is 7.78. The van der Waals surface area contributed by atoms with Gasteiger partial charge in [0, 0.05) is 43.5 Å². The first-order valence-electron chi connectivity index (χ1n) is 9.66. The monoisotopic (exact) mass is 473 g/mol. The van der Waals surface area contributed by atoms with Gasteiger partial charge in [-0.3, -0.25) is 10.1 Å². The SMILES string of the molecule is C[C@@H]1CN(c2ccc([N+](=O)[O-])cc2)CCN1S(=O)(=O)c1ccc([C@](C)(O)C(F)(F)F)cc1. The third-order valence-electron chi connectivity index (χ3n) is 5.57. The van der Waals surface area contributed by atoms with E-state index in [1.165, 1.54) is 16.4 Å². The van der Waals surface area contributed by atoms with Crippen LogP contribution in [0.15, 0.2) is 53.4 Å². The standard InChI is InChI=1S/C20H22F3N3O5S/c1-14-13-24(16-5-7-17(8-6-16)26(28)29)11-12-25(14)32(30,31)18-9-3-15(4-10-18)19(2,27)20(21,22)23/h3-10,14,27H,11-13H2,1-2H3/t14-,19+/m1/s1. The maximum Gasteiger partial charge on any atom is 0.421 e. The van der Waals surface area contributed by atoms with E-state index in [1.54, 1.807) is 19.1 Å². The molecule has 32 heavy (non-hydrogen) atoms. The largest absolute Gasteiger partial charge is 0.421 e. The minimum Gasteiger partial charge on any atom is -0.376 e. The number of nitro benzene ring substituents is 1. The molecular formula is C20H22F3N3O5S. The number of anilines is 1. The molecule has 12 heteroatoms. The third kappa shape index (κ3) is 4.43. The molecule has 8 nitrogen and oxygen atoms in total. The Hall–Kier alpha value is -2.70. The molecule has 174 valence electrons. The predicted molar refractivity (Wildman–Crippen MR) is 111 cm³/mol. The lowest BCUT2D eigenvalue weighted by Gasteiger charge is -2.40. The number of aliphatic hydroxyl groups is 1. The van der Waals surface area contributed by atoms with E-state index in [0.717, 1.165) is 30.0 Å². The fourth-order valence-electron chi connectivity index (χ4n) is 3.57. The van der Waals surface area contributed by atoms with Crippen LogP contribution in [0.3, 0.4) is 0 Å². The number of non-ortho nitro benzene ring substituents is 1. The molecule has 1 N–H and O–H groups in total. The summed E-state index contributed by atoms with van der Waals surface area (Å²) in [4.78, 5) is 12.0. The molecule has 0 radical (unpaired) electrons. The number of alkyl halides is 3. The molecule has 0 bridgehead atoms. The van der Waals surface area contributed by atoms with E-state index in [-0.39, 0.29) is 17.1 Å².